The van der Waals surface area contributed by atoms with Crippen LogP contribution in [0, 0.1) is 0 Å². The number of amides is 6. The number of epoxide rings is 4. The first-order valence-electron chi connectivity index (χ1n) is 32.4. The molecule has 0 saturated carbocycles. The van der Waals surface area contributed by atoms with Crippen LogP contribution in [-0.4, -0.2) is 157 Å². The Kier molecular flexibility index (Phi) is 17.5. The van der Waals surface area contributed by atoms with E-state index >= 15 is 55.1 Å². The second-order valence-electron chi connectivity index (χ2n) is 26.1. The lowest BCUT2D eigenvalue weighted by atomic mass is 9.80. The summed E-state index contributed by atoms with van der Waals surface area (Å²) in [5, 5.41) is -6.59. The number of hydrogen-bond donors (Lipinski definition) is 0. The molecule has 0 bridgehead atoms. The predicted octanol–water partition coefficient (Wildman–Crippen LogP) is 16.1. The molecule has 0 aliphatic carbocycles. The van der Waals surface area contributed by atoms with E-state index in [1.54, 1.807) is 0 Å². The van der Waals surface area contributed by atoms with Gasteiger partial charge in [0.1, 0.15) is 58.1 Å². The van der Waals surface area contributed by atoms with E-state index in [0.29, 0.717) is 72.8 Å². The number of nitrogens with zero attached hydrogens (tertiary/aromatic N) is 4. The molecule has 6 aliphatic rings. The maximum atomic E-state index is 16.0. The highest BCUT2D eigenvalue weighted by Gasteiger charge is 2.53. The minimum atomic E-state index is -5.47. The van der Waals surface area contributed by atoms with Crippen molar-refractivity contribution >= 4 is 78.5 Å². The SMILES string of the molecule is O=C(C(CC(F)(F)F)N1C(=O)c2cc(Oc3cccc(C(F)(F)F)c3)c3c4c(Oc5cccc(C(F)(F)F)c5)cc5c6c(cc(Oc7cccc(C(F)(F)F)c7)c(c7c(Oc8cccc(C(F)(F)F)c8)cc(c2c37)C1=O)c64)C(=O)N(C(CC(F)(F)F)C(=O)N(CC1CO1)CC1CO1)C5=O)N(CC1CO1)CC1CO1. The van der Waals surface area contributed by atoms with E-state index in [4.69, 9.17) is 37.9 Å². The third-order valence-corrected chi connectivity index (χ3v) is 18.5. The van der Waals surface area contributed by atoms with Crippen molar-refractivity contribution < 1.29 is 146 Å². The Bertz CT molecular complexity index is 4640. The Morgan fingerprint density at radius 2 is 0.574 bits per heavy atom. The molecule has 0 radical (unpaired) electrons. The van der Waals surface area contributed by atoms with Crippen LogP contribution in [0.4, 0.5) is 79.0 Å². The van der Waals surface area contributed by atoms with Crippen LogP contribution in [0.2, 0.25) is 0 Å². The lowest BCUT2D eigenvalue weighted by molar-refractivity contribution is -0.159. The molecule has 18 nitrogen and oxygen atoms in total. The zero-order valence-corrected chi connectivity index (χ0v) is 54.4. The monoisotopic (exact) mass is 1530 g/mol. The van der Waals surface area contributed by atoms with E-state index in [1.165, 1.54) is 0 Å². The van der Waals surface area contributed by atoms with Crippen LogP contribution in [0.1, 0.15) is 76.5 Å². The topological polar surface area (TPSA) is 202 Å². The van der Waals surface area contributed by atoms with Gasteiger partial charge < -0.3 is 47.7 Å². The summed E-state index contributed by atoms with van der Waals surface area (Å²) in [6, 6.07) is 6.79. The summed E-state index contributed by atoms with van der Waals surface area (Å²) in [5.74, 6) is -18.1. The first kappa shape index (κ1) is 72.8. The number of rotatable bonds is 22. The Morgan fingerprint density at radius 3 is 0.769 bits per heavy atom. The van der Waals surface area contributed by atoms with Crippen molar-refractivity contribution in [3.8, 4) is 46.0 Å². The molecule has 9 aromatic rings. The third-order valence-electron chi connectivity index (χ3n) is 18.5. The molecule has 0 spiro atoms. The average molecular weight is 1530 g/mol. The largest absolute Gasteiger partial charge is 0.457 e. The molecule has 0 aromatic heterocycles. The van der Waals surface area contributed by atoms with Gasteiger partial charge >= 0.3 is 37.1 Å². The number of carbonyl (C=O) groups is 6. The van der Waals surface area contributed by atoms with Gasteiger partial charge in [-0.05, 0) is 97.1 Å². The van der Waals surface area contributed by atoms with Crippen molar-refractivity contribution in [2.75, 3.05) is 52.6 Å². The summed E-state index contributed by atoms with van der Waals surface area (Å²) < 4.78 is 317. The molecular formula is C72H46F18N4O14. The van der Waals surface area contributed by atoms with Gasteiger partial charge in [-0.15, -0.1) is 0 Å². The molecule has 15 rings (SSSR count). The molecule has 108 heavy (non-hydrogen) atoms. The van der Waals surface area contributed by atoms with Crippen LogP contribution < -0.4 is 18.9 Å². The molecule has 6 unspecified atom stereocenters. The van der Waals surface area contributed by atoms with Gasteiger partial charge in [0.25, 0.3) is 23.6 Å². The fraction of sp³-hybridized carbons (Fsp3) is 0.306. The Hall–Kier alpha value is -10.7. The Morgan fingerprint density at radius 1 is 0.352 bits per heavy atom. The van der Waals surface area contributed by atoms with Crippen molar-refractivity contribution in [1.29, 1.82) is 0 Å². The normalized spacial score (nSPS) is 19.2. The van der Waals surface area contributed by atoms with Crippen molar-refractivity contribution in [3.05, 3.63) is 166 Å². The second-order valence-corrected chi connectivity index (χ2v) is 26.1. The third kappa shape index (κ3) is 14.3. The molecule has 9 aromatic carbocycles. The van der Waals surface area contributed by atoms with Crippen molar-refractivity contribution in [3.63, 3.8) is 0 Å². The lowest BCUT2D eigenvalue weighted by Gasteiger charge is -2.37. The Balaban J connectivity index is 1.11. The highest BCUT2D eigenvalue weighted by atomic mass is 19.4. The number of halogens is 18. The molecular weight excluding hydrogens is 1490 g/mol. The van der Waals surface area contributed by atoms with Gasteiger partial charge in [0, 0.05) is 69.3 Å². The van der Waals surface area contributed by atoms with Crippen LogP contribution in [0.5, 0.6) is 46.0 Å². The zero-order valence-electron chi connectivity index (χ0n) is 54.4. The van der Waals surface area contributed by atoms with Gasteiger partial charge in [-0.1, -0.05) is 24.3 Å². The quantitative estimate of drug-likeness (QED) is 0.0204. The van der Waals surface area contributed by atoms with Gasteiger partial charge in [0.15, 0.2) is 0 Å². The van der Waals surface area contributed by atoms with Crippen molar-refractivity contribution in [2.24, 2.45) is 0 Å². The molecule has 0 N–H and O–H groups in total. The molecule has 6 aliphatic heterocycles. The van der Waals surface area contributed by atoms with E-state index in [9.17, 15) is 52.7 Å². The number of carbonyl (C=O) groups excluding carboxylic acids is 6. The zero-order chi connectivity index (χ0) is 77.0. The van der Waals surface area contributed by atoms with Crippen LogP contribution in [-0.2, 0) is 53.2 Å². The lowest BCUT2D eigenvalue weighted by Crippen LogP contribution is -2.57. The summed E-state index contributed by atoms with van der Waals surface area (Å²) in [6.45, 7) is -1.81. The number of imide groups is 2. The minimum Gasteiger partial charge on any atom is -0.457 e. The highest BCUT2D eigenvalue weighted by molar-refractivity contribution is 6.45. The Labute approximate surface area is 592 Å². The highest BCUT2D eigenvalue weighted by Crippen LogP contribution is 2.59. The average Bonchev–Trinajstić information content (AvgIpc) is 0.741. The van der Waals surface area contributed by atoms with E-state index in [2.05, 4.69) is 0 Å². The summed E-state index contributed by atoms with van der Waals surface area (Å²) in [7, 11) is 0. The number of hydrogen-bond acceptors (Lipinski definition) is 14. The van der Waals surface area contributed by atoms with Crippen molar-refractivity contribution in [2.45, 2.75) is 86.4 Å². The minimum absolute atomic E-state index is 0.00990. The van der Waals surface area contributed by atoms with Crippen molar-refractivity contribution in [1.82, 2.24) is 19.6 Å². The number of ether oxygens (including phenoxy) is 8. The second kappa shape index (κ2) is 26.0. The summed E-state index contributed by atoms with van der Waals surface area (Å²) >= 11 is 0. The number of fused-ring (bicyclic) bond motifs is 2. The maximum absolute atomic E-state index is 16.0. The number of alkyl halides is 18. The standard InChI is InChI=1S/C72H46F18N4O14/c73-67(74,75)21-47(65(99)91(23-39-27-101-39)24-40-28-102-40)93-61(95)43-17-49(105-35-9-1-5-31(13-35)69(79,80)81)55-56-50(106-36-10-2-6-32(14-36)70(82,83)84)18-45-54-46(64(98)94(63(45)97)48(22-68(76,77)78)66(100)92(25-41-29-103-41)26-42-30-104-42)20-52(108-38-12-4-8-34(16-38)72(88,89)90)58(60(54)56)57-51(19-44(62(93)96)53(43)59(55)57)107-37-11-3-7-33(15-37)71(85,86)87/h1-20,39-42,47-48H,21-30H2. The predicted molar refractivity (Wildman–Crippen MR) is 336 cm³/mol. The van der Waals surface area contributed by atoms with Crippen LogP contribution in [0.3, 0.4) is 0 Å². The molecule has 564 valence electrons. The first-order chi connectivity index (χ1) is 50.7. The van der Waals surface area contributed by atoms with Gasteiger partial charge in [-0.2, -0.15) is 79.0 Å². The molecule has 6 atom stereocenters. The van der Waals surface area contributed by atoms with Gasteiger partial charge in [-0.25, -0.2) is 0 Å². The summed E-state index contributed by atoms with van der Waals surface area (Å²) in [4.78, 5) is 95.3. The molecule has 36 heteroatoms. The van der Waals surface area contributed by atoms with E-state index in [1.807, 2.05) is 0 Å². The first-order valence-corrected chi connectivity index (χ1v) is 32.4. The smallest absolute Gasteiger partial charge is 0.416 e. The molecule has 6 heterocycles. The van der Waals surface area contributed by atoms with Crippen LogP contribution in [0.25, 0.3) is 43.1 Å². The molecule has 4 fully saturated rings. The molecule has 6 amide bonds. The van der Waals surface area contributed by atoms with E-state index in [0.717, 1.165) is 58.3 Å². The van der Waals surface area contributed by atoms with Gasteiger partial charge in [0.2, 0.25) is 11.8 Å². The fourth-order valence-corrected chi connectivity index (χ4v) is 13.5. The maximum Gasteiger partial charge on any atom is 0.416 e. The molecule has 4 saturated heterocycles. The summed E-state index contributed by atoms with van der Waals surface area (Å²) in [6.07, 6.45) is -39.6. The van der Waals surface area contributed by atoms with E-state index in [-0.39, 0.29) is 36.2 Å². The van der Waals surface area contributed by atoms with Crippen LogP contribution >= 0.6 is 0 Å². The summed E-state index contributed by atoms with van der Waals surface area (Å²) in [5.41, 5.74) is -9.99. The van der Waals surface area contributed by atoms with Crippen LogP contribution in [0.15, 0.2) is 121 Å². The fourth-order valence-electron chi connectivity index (χ4n) is 13.5. The van der Waals surface area contributed by atoms with Gasteiger partial charge in [0.05, 0.1) is 108 Å². The van der Waals surface area contributed by atoms with E-state index < -0.39 is 282 Å². The number of benzene rings is 9. The van der Waals surface area contributed by atoms with Gasteiger partial charge in [-0.3, -0.25) is 38.6 Å².